The molecule has 30 heavy (non-hydrogen) atoms. The Morgan fingerprint density at radius 2 is 2.03 bits per heavy atom. The molecule has 1 fully saturated rings. The van der Waals surface area contributed by atoms with E-state index in [9.17, 15) is 4.79 Å². The standard InChI is InChI=1S/C20H28N4O3.CH2O2/c1-14-18(15(2)27-23-14)13-24-10-8-20(9-11-24,19(25)21-3)22-16-6-5-7-17(12-16)26-4;2-1-3/h5-7,12,22H,8-11,13H2,1-4H3,(H,21,25);1H,(H,2,3). The van der Waals surface area contributed by atoms with Crippen LogP contribution in [0.25, 0.3) is 0 Å². The maximum absolute atomic E-state index is 12.7. The highest BCUT2D eigenvalue weighted by Crippen LogP contribution is 2.30. The van der Waals surface area contributed by atoms with E-state index in [0.717, 1.165) is 48.1 Å². The number of anilines is 1. The summed E-state index contributed by atoms with van der Waals surface area (Å²) in [6, 6.07) is 7.69. The molecule has 0 radical (unpaired) electrons. The minimum atomic E-state index is -0.629. The molecule has 1 amide bonds. The first-order chi connectivity index (χ1) is 14.4. The molecule has 0 saturated carbocycles. The van der Waals surface area contributed by atoms with Gasteiger partial charge in [-0.05, 0) is 38.8 Å². The fourth-order valence-corrected chi connectivity index (χ4v) is 3.67. The van der Waals surface area contributed by atoms with E-state index in [-0.39, 0.29) is 12.4 Å². The SMILES string of the molecule is CNC(=O)C1(Nc2cccc(OC)c2)CCN(Cc2c(C)noc2C)CC1.O=CO. The summed E-state index contributed by atoms with van der Waals surface area (Å²) in [6.45, 7) is 6.08. The van der Waals surface area contributed by atoms with E-state index in [1.807, 2.05) is 38.1 Å². The summed E-state index contributed by atoms with van der Waals surface area (Å²) in [7, 11) is 3.33. The van der Waals surface area contributed by atoms with Gasteiger partial charge < -0.3 is 25.0 Å². The van der Waals surface area contributed by atoms with Crippen LogP contribution in [0.15, 0.2) is 28.8 Å². The fraction of sp³-hybridized carbons (Fsp3) is 0.476. The maximum Gasteiger partial charge on any atom is 0.290 e. The molecule has 0 atom stereocenters. The lowest BCUT2D eigenvalue weighted by Crippen LogP contribution is -2.57. The van der Waals surface area contributed by atoms with Crippen molar-refractivity contribution in [3.8, 4) is 5.75 Å². The van der Waals surface area contributed by atoms with Gasteiger partial charge in [0.05, 0.1) is 12.8 Å². The Kier molecular flexibility index (Phi) is 8.23. The number of piperidine rings is 1. The van der Waals surface area contributed by atoms with E-state index in [2.05, 4.69) is 20.7 Å². The zero-order chi connectivity index (χ0) is 22.1. The highest BCUT2D eigenvalue weighted by atomic mass is 16.5. The Hall–Kier alpha value is -3.07. The zero-order valence-corrected chi connectivity index (χ0v) is 17.9. The molecule has 3 N–H and O–H groups in total. The monoisotopic (exact) mass is 418 g/mol. The first kappa shape index (κ1) is 23.2. The molecule has 1 aliphatic heterocycles. The van der Waals surface area contributed by atoms with Gasteiger partial charge in [-0.25, -0.2) is 0 Å². The molecule has 0 bridgehead atoms. The average Bonchev–Trinajstić information content (AvgIpc) is 3.07. The van der Waals surface area contributed by atoms with Crippen molar-refractivity contribution in [1.29, 1.82) is 0 Å². The van der Waals surface area contributed by atoms with Gasteiger partial charge in [-0.15, -0.1) is 0 Å². The number of hydrogen-bond acceptors (Lipinski definition) is 7. The molecule has 2 aromatic rings. The average molecular weight is 418 g/mol. The number of amides is 1. The van der Waals surface area contributed by atoms with Gasteiger partial charge in [-0.2, -0.15) is 0 Å². The van der Waals surface area contributed by atoms with E-state index in [1.54, 1.807) is 14.2 Å². The second kappa shape index (κ2) is 10.6. The smallest absolute Gasteiger partial charge is 0.290 e. The van der Waals surface area contributed by atoms with Crippen molar-refractivity contribution >= 4 is 18.1 Å². The summed E-state index contributed by atoms with van der Waals surface area (Å²) in [5.74, 6) is 1.65. The number of nitrogens with zero attached hydrogens (tertiary/aromatic N) is 2. The van der Waals surface area contributed by atoms with E-state index in [4.69, 9.17) is 19.2 Å². The molecule has 0 spiro atoms. The van der Waals surface area contributed by atoms with Crippen molar-refractivity contribution in [2.75, 3.05) is 32.6 Å². The molecular weight excluding hydrogens is 388 g/mol. The third kappa shape index (κ3) is 5.50. The highest BCUT2D eigenvalue weighted by molar-refractivity contribution is 5.89. The molecule has 1 aromatic carbocycles. The fourth-order valence-electron chi connectivity index (χ4n) is 3.67. The number of aromatic nitrogens is 1. The predicted octanol–water partition coefficient (Wildman–Crippen LogP) is 2.19. The normalized spacial score (nSPS) is 15.5. The summed E-state index contributed by atoms with van der Waals surface area (Å²) in [5, 5.41) is 17.2. The van der Waals surface area contributed by atoms with Crippen LogP contribution in [0.4, 0.5) is 5.69 Å². The second-order valence-electron chi connectivity index (χ2n) is 7.20. The lowest BCUT2D eigenvalue weighted by Gasteiger charge is -2.41. The first-order valence-corrected chi connectivity index (χ1v) is 9.75. The van der Waals surface area contributed by atoms with Crippen molar-refractivity contribution in [3.05, 3.63) is 41.3 Å². The third-order valence-corrected chi connectivity index (χ3v) is 5.39. The zero-order valence-electron chi connectivity index (χ0n) is 17.9. The number of carbonyl (C=O) groups is 2. The van der Waals surface area contributed by atoms with Gasteiger partial charge in [0.25, 0.3) is 6.47 Å². The molecule has 0 aliphatic carbocycles. The van der Waals surface area contributed by atoms with Crippen molar-refractivity contribution in [2.24, 2.45) is 0 Å². The van der Waals surface area contributed by atoms with Crippen molar-refractivity contribution in [2.45, 2.75) is 38.8 Å². The second-order valence-corrected chi connectivity index (χ2v) is 7.20. The van der Waals surface area contributed by atoms with Crippen LogP contribution in [-0.4, -0.2) is 60.3 Å². The van der Waals surface area contributed by atoms with E-state index in [1.165, 1.54) is 0 Å². The molecule has 1 aromatic heterocycles. The molecular formula is C21H30N4O5. The molecule has 1 saturated heterocycles. The lowest BCUT2D eigenvalue weighted by atomic mass is 9.85. The Balaban J connectivity index is 0.00000101. The molecule has 9 nitrogen and oxygen atoms in total. The van der Waals surface area contributed by atoms with E-state index >= 15 is 0 Å². The predicted molar refractivity (Wildman–Crippen MR) is 113 cm³/mol. The van der Waals surface area contributed by atoms with Crippen molar-refractivity contribution in [3.63, 3.8) is 0 Å². The van der Waals surface area contributed by atoms with Crippen LogP contribution in [0, 0.1) is 13.8 Å². The summed E-state index contributed by atoms with van der Waals surface area (Å²) >= 11 is 0. The van der Waals surface area contributed by atoms with Crippen LogP contribution in [0.2, 0.25) is 0 Å². The molecule has 0 unspecified atom stereocenters. The van der Waals surface area contributed by atoms with Crippen LogP contribution >= 0.6 is 0 Å². The van der Waals surface area contributed by atoms with Crippen LogP contribution in [0.1, 0.15) is 29.9 Å². The van der Waals surface area contributed by atoms with Crippen LogP contribution in [0.5, 0.6) is 5.75 Å². The van der Waals surface area contributed by atoms with Crippen molar-refractivity contribution < 1.29 is 24.0 Å². The topological polar surface area (TPSA) is 117 Å². The number of methoxy groups -OCH3 is 1. The minimum absolute atomic E-state index is 0.0160. The van der Waals surface area contributed by atoms with Gasteiger partial charge in [0.2, 0.25) is 5.91 Å². The Bertz CT molecular complexity index is 824. The molecule has 1 aliphatic rings. The number of benzene rings is 1. The number of carboxylic acid groups (broad SMARTS) is 1. The Labute approximate surface area is 176 Å². The molecule has 3 rings (SSSR count). The number of aryl methyl sites for hydroxylation is 2. The van der Waals surface area contributed by atoms with Crippen LogP contribution in [-0.2, 0) is 16.1 Å². The Morgan fingerprint density at radius 3 is 2.57 bits per heavy atom. The van der Waals surface area contributed by atoms with Crippen LogP contribution in [0.3, 0.4) is 0 Å². The van der Waals surface area contributed by atoms with Crippen molar-refractivity contribution in [1.82, 2.24) is 15.4 Å². The summed E-state index contributed by atoms with van der Waals surface area (Å²) in [4.78, 5) is 23.4. The first-order valence-electron chi connectivity index (χ1n) is 9.75. The third-order valence-electron chi connectivity index (χ3n) is 5.39. The number of rotatable bonds is 6. The quantitative estimate of drug-likeness (QED) is 0.611. The van der Waals surface area contributed by atoms with Gasteiger partial charge in [0.1, 0.15) is 17.0 Å². The summed E-state index contributed by atoms with van der Waals surface area (Å²) < 4.78 is 10.6. The molecule has 2 heterocycles. The van der Waals surface area contributed by atoms with Crippen LogP contribution < -0.4 is 15.4 Å². The molecule has 9 heteroatoms. The van der Waals surface area contributed by atoms with Gasteiger partial charge in [-0.3, -0.25) is 14.5 Å². The van der Waals surface area contributed by atoms with Gasteiger partial charge >= 0.3 is 0 Å². The minimum Gasteiger partial charge on any atom is -0.497 e. The maximum atomic E-state index is 12.7. The number of likely N-dealkylation sites (tertiary alicyclic amines) is 1. The summed E-state index contributed by atoms with van der Waals surface area (Å²) in [6.07, 6.45) is 1.43. The van der Waals surface area contributed by atoms with E-state index in [0.29, 0.717) is 12.8 Å². The largest absolute Gasteiger partial charge is 0.497 e. The van der Waals surface area contributed by atoms with Gasteiger partial charge in [0, 0.05) is 44.0 Å². The van der Waals surface area contributed by atoms with Gasteiger partial charge in [-0.1, -0.05) is 11.2 Å². The number of nitrogens with one attached hydrogen (secondary N) is 2. The van der Waals surface area contributed by atoms with Gasteiger partial charge in [0.15, 0.2) is 0 Å². The lowest BCUT2D eigenvalue weighted by molar-refractivity contribution is -0.126. The number of ether oxygens (including phenoxy) is 1. The molecule has 164 valence electrons. The number of likely N-dealkylation sites (N-methyl/N-ethyl adjacent to an activating group) is 1. The Morgan fingerprint density at radius 1 is 1.37 bits per heavy atom. The number of carbonyl (C=O) groups excluding carboxylic acids is 1. The highest BCUT2D eigenvalue weighted by Gasteiger charge is 2.41. The number of hydrogen-bond donors (Lipinski definition) is 3. The van der Waals surface area contributed by atoms with E-state index < -0.39 is 5.54 Å². The summed E-state index contributed by atoms with van der Waals surface area (Å²) in [5.41, 5.74) is 2.33.